The van der Waals surface area contributed by atoms with Crippen LogP contribution in [0.5, 0.6) is 0 Å². The number of rotatable bonds is 4. The summed E-state index contributed by atoms with van der Waals surface area (Å²) in [6.07, 6.45) is 2.54. The monoisotopic (exact) mass is 259 g/mol. The Morgan fingerprint density at radius 3 is 2.78 bits per heavy atom. The van der Waals surface area contributed by atoms with Crippen molar-refractivity contribution in [2.45, 2.75) is 25.3 Å². The van der Waals surface area contributed by atoms with Crippen molar-refractivity contribution in [3.63, 3.8) is 0 Å². The summed E-state index contributed by atoms with van der Waals surface area (Å²) in [6.45, 7) is 4.24. The predicted molar refractivity (Wildman–Crippen MR) is 75.7 cm³/mol. The summed E-state index contributed by atoms with van der Waals surface area (Å²) < 4.78 is 0.924. The molecule has 0 saturated carbocycles. The Bertz CT molecular complexity index is 540. The van der Waals surface area contributed by atoms with Crippen molar-refractivity contribution in [3.05, 3.63) is 64.5 Å². The minimum atomic E-state index is 0.766. The molecule has 1 aromatic heterocycles. The van der Waals surface area contributed by atoms with E-state index in [0.29, 0.717) is 0 Å². The van der Waals surface area contributed by atoms with Crippen LogP contribution in [0.15, 0.2) is 47.6 Å². The summed E-state index contributed by atoms with van der Waals surface area (Å²) in [5, 5.41) is 12.2. The number of aromatic nitrogens is 1. The zero-order valence-corrected chi connectivity index (χ0v) is 11.5. The van der Waals surface area contributed by atoms with Crippen molar-refractivity contribution in [1.29, 1.82) is 0 Å². The molecule has 0 aliphatic rings. The van der Waals surface area contributed by atoms with Gasteiger partial charge in [-0.2, -0.15) is 4.73 Å². The molecule has 94 valence electrons. The molecule has 0 aliphatic carbocycles. The molecule has 0 atom stereocenters. The van der Waals surface area contributed by atoms with Crippen LogP contribution >= 0.6 is 11.8 Å². The molecule has 1 heterocycles. The van der Waals surface area contributed by atoms with E-state index >= 15 is 0 Å². The van der Waals surface area contributed by atoms with E-state index in [1.165, 1.54) is 16.7 Å². The Hall–Kier alpha value is -1.48. The van der Waals surface area contributed by atoms with Gasteiger partial charge in [-0.3, -0.25) is 0 Å². The van der Waals surface area contributed by atoms with Crippen LogP contribution in [0.1, 0.15) is 16.7 Å². The maximum Gasteiger partial charge on any atom is 0.251 e. The largest absolute Gasteiger partial charge is 0.618 e. The minimum Gasteiger partial charge on any atom is -0.618 e. The third kappa shape index (κ3) is 3.26. The molecule has 0 N–H and O–H groups in total. The van der Waals surface area contributed by atoms with E-state index in [9.17, 15) is 5.21 Å². The molecule has 0 bridgehead atoms. The van der Waals surface area contributed by atoms with Crippen LogP contribution in [0.4, 0.5) is 0 Å². The van der Waals surface area contributed by atoms with Gasteiger partial charge in [-0.05, 0) is 37.5 Å². The van der Waals surface area contributed by atoms with Crippen molar-refractivity contribution < 1.29 is 4.73 Å². The Labute approximate surface area is 112 Å². The van der Waals surface area contributed by atoms with Crippen molar-refractivity contribution in [2.24, 2.45) is 0 Å². The van der Waals surface area contributed by atoms with Gasteiger partial charge in [0.25, 0.3) is 5.03 Å². The SMILES string of the molecule is Cc1ccc(C)c(CCSc2cccc[n+]2[O-])c1. The highest BCUT2D eigenvalue weighted by Gasteiger charge is 2.05. The maximum atomic E-state index is 11.5. The first-order valence-electron chi connectivity index (χ1n) is 6.04. The zero-order valence-electron chi connectivity index (χ0n) is 10.7. The standard InChI is InChI=1S/C15H17NOS/c1-12-6-7-13(2)14(11-12)8-10-18-15-5-3-4-9-16(15)17/h3-7,9,11H,8,10H2,1-2H3. The fourth-order valence-corrected chi connectivity index (χ4v) is 2.75. The first-order chi connectivity index (χ1) is 8.66. The van der Waals surface area contributed by atoms with Crippen molar-refractivity contribution >= 4 is 11.8 Å². The molecule has 0 spiro atoms. The smallest absolute Gasteiger partial charge is 0.251 e. The Balaban J connectivity index is 1.96. The maximum absolute atomic E-state index is 11.5. The molecule has 0 radical (unpaired) electrons. The van der Waals surface area contributed by atoms with Crippen LogP contribution in [0.2, 0.25) is 0 Å². The molecule has 0 fully saturated rings. The topological polar surface area (TPSA) is 26.9 Å². The van der Waals surface area contributed by atoms with Gasteiger partial charge in [0.15, 0.2) is 6.20 Å². The van der Waals surface area contributed by atoms with E-state index in [4.69, 9.17) is 0 Å². The predicted octanol–water partition coefficient (Wildman–Crippen LogP) is 3.27. The molecule has 0 aliphatic heterocycles. The first kappa shape index (κ1) is 13.0. The highest BCUT2D eigenvalue weighted by molar-refractivity contribution is 7.99. The van der Waals surface area contributed by atoms with Gasteiger partial charge in [0, 0.05) is 17.9 Å². The minimum absolute atomic E-state index is 0.766. The normalized spacial score (nSPS) is 10.6. The average molecular weight is 259 g/mol. The first-order valence-corrected chi connectivity index (χ1v) is 7.02. The zero-order chi connectivity index (χ0) is 13.0. The molecule has 2 rings (SSSR count). The Morgan fingerprint density at radius 2 is 2.00 bits per heavy atom. The third-order valence-corrected chi connectivity index (χ3v) is 3.93. The molecule has 0 saturated heterocycles. The summed E-state index contributed by atoms with van der Waals surface area (Å²) in [7, 11) is 0. The summed E-state index contributed by atoms with van der Waals surface area (Å²) in [4.78, 5) is 0. The van der Waals surface area contributed by atoms with E-state index in [1.807, 2.05) is 12.1 Å². The molecular formula is C15H17NOS. The molecule has 0 unspecified atom stereocenters. The van der Waals surface area contributed by atoms with Gasteiger partial charge in [0.2, 0.25) is 0 Å². The van der Waals surface area contributed by atoms with Gasteiger partial charge >= 0.3 is 0 Å². The lowest BCUT2D eigenvalue weighted by Crippen LogP contribution is -2.27. The number of hydrogen-bond donors (Lipinski definition) is 0. The highest BCUT2D eigenvalue weighted by atomic mass is 32.2. The number of benzene rings is 1. The van der Waals surface area contributed by atoms with Gasteiger partial charge in [0.05, 0.1) is 0 Å². The number of thioether (sulfide) groups is 1. The second-order valence-electron chi connectivity index (χ2n) is 4.39. The Morgan fingerprint density at radius 1 is 1.17 bits per heavy atom. The summed E-state index contributed by atoms with van der Waals surface area (Å²) in [5.41, 5.74) is 3.99. The van der Waals surface area contributed by atoms with E-state index in [1.54, 1.807) is 24.0 Å². The van der Waals surface area contributed by atoms with E-state index < -0.39 is 0 Å². The molecular weight excluding hydrogens is 242 g/mol. The number of hydrogen-bond acceptors (Lipinski definition) is 2. The van der Waals surface area contributed by atoms with Crippen LogP contribution in [0, 0.1) is 19.1 Å². The van der Waals surface area contributed by atoms with Crippen LogP contribution < -0.4 is 4.73 Å². The quantitative estimate of drug-likeness (QED) is 0.478. The van der Waals surface area contributed by atoms with Crippen LogP contribution in [0.25, 0.3) is 0 Å². The van der Waals surface area contributed by atoms with Gasteiger partial charge < -0.3 is 5.21 Å². The van der Waals surface area contributed by atoms with Crippen LogP contribution in [0.3, 0.4) is 0 Å². The lowest BCUT2D eigenvalue weighted by Gasteiger charge is -2.07. The summed E-state index contributed by atoms with van der Waals surface area (Å²) in [5.74, 6) is 0.927. The molecule has 2 aromatic rings. The van der Waals surface area contributed by atoms with Crippen molar-refractivity contribution in [1.82, 2.24) is 0 Å². The van der Waals surface area contributed by atoms with Gasteiger partial charge in [-0.1, -0.05) is 35.5 Å². The number of aryl methyl sites for hydroxylation is 3. The second kappa shape index (κ2) is 5.91. The van der Waals surface area contributed by atoms with Crippen LogP contribution in [-0.4, -0.2) is 5.75 Å². The van der Waals surface area contributed by atoms with Gasteiger partial charge in [0.1, 0.15) is 0 Å². The summed E-state index contributed by atoms with van der Waals surface area (Å²) >= 11 is 1.61. The molecule has 18 heavy (non-hydrogen) atoms. The van der Waals surface area contributed by atoms with Crippen molar-refractivity contribution in [2.75, 3.05) is 5.75 Å². The third-order valence-electron chi connectivity index (χ3n) is 2.91. The molecule has 3 heteroatoms. The highest BCUT2D eigenvalue weighted by Crippen LogP contribution is 2.17. The van der Waals surface area contributed by atoms with Crippen molar-refractivity contribution in [3.8, 4) is 0 Å². The van der Waals surface area contributed by atoms with Gasteiger partial charge in [-0.15, -0.1) is 0 Å². The fourth-order valence-electron chi connectivity index (χ4n) is 1.86. The lowest BCUT2D eigenvalue weighted by atomic mass is 10.0. The average Bonchev–Trinajstić information content (AvgIpc) is 2.36. The van der Waals surface area contributed by atoms with E-state index in [-0.39, 0.29) is 0 Å². The Kier molecular flexibility index (Phi) is 4.26. The van der Waals surface area contributed by atoms with Crippen LogP contribution in [-0.2, 0) is 6.42 Å². The van der Waals surface area contributed by atoms with E-state index in [2.05, 4.69) is 32.0 Å². The summed E-state index contributed by atoms with van der Waals surface area (Å²) in [6, 6.07) is 12.0. The fraction of sp³-hybridized carbons (Fsp3) is 0.267. The second-order valence-corrected chi connectivity index (χ2v) is 5.51. The number of pyridine rings is 1. The van der Waals surface area contributed by atoms with Gasteiger partial charge in [-0.25, -0.2) is 0 Å². The molecule has 1 aromatic carbocycles. The molecule has 0 amide bonds. The molecule has 2 nitrogen and oxygen atoms in total. The van der Waals surface area contributed by atoms with E-state index in [0.717, 1.165) is 21.9 Å². The number of nitrogens with zero attached hydrogens (tertiary/aromatic N) is 1. The lowest BCUT2D eigenvalue weighted by molar-refractivity contribution is -0.645.